The molecular weight excluding hydrogens is 290 g/mol. The molecule has 1 aliphatic heterocycles. The average molecular weight is 304 g/mol. The maximum absolute atomic E-state index is 12.4. The van der Waals surface area contributed by atoms with Crippen LogP contribution in [0.4, 0.5) is 0 Å². The van der Waals surface area contributed by atoms with Crippen molar-refractivity contribution in [2.75, 3.05) is 13.7 Å². The maximum atomic E-state index is 12.4. The summed E-state index contributed by atoms with van der Waals surface area (Å²) in [5, 5.41) is 2.38. The van der Waals surface area contributed by atoms with E-state index in [-0.39, 0.29) is 22.9 Å². The van der Waals surface area contributed by atoms with Gasteiger partial charge in [-0.1, -0.05) is 23.7 Å². The molecule has 104 valence electrons. The molecule has 0 saturated carbocycles. The minimum absolute atomic E-state index is 0.106. The molecule has 19 heavy (non-hydrogen) atoms. The van der Waals surface area contributed by atoms with Crippen LogP contribution in [0.2, 0.25) is 5.02 Å². The van der Waals surface area contributed by atoms with Crippen LogP contribution in [0.3, 0.4) is 0 Å². The lowest BCUT2D eigenvalue weighted by Gasteiger charge is -2.12. The number of hydrogen-bond donors (Lipinski definition) is 1. The first-order chi connectivity index (χ1) is 8.96. The molecule has 0 aromatic heterocycles. The van der Waals surface area contributed by atoms with Crippen LogP contribution in [-0.4, -0.2) is 39.3 Å². The van der Waals surface area contributed by atoms with Gasteiger partial charge in [0.25, 0.3) is 0 Å². The third kappa shape index (κ3) is 2.75. The monoisotopic (exact) mass is 303 g/mol. The molecule has 1 fully saturated rings. The fourth-order valence-corrected chi connectivity index (χ4v) is 4.30. The summed E-state index contributed by atoms with van der Waals surface area (Å²) in [5.41, 5.74) is 0. The van der Waals surface area contributed by atoms with Crippen LogP contribution < -0.4 is 5.32 Å². The second-order valence-corrected chi connectivity index (χ2v) is 6.92. The number of halogens is 1. The number of hydrogen-bond acceptors (Lipinski definition) is 5. The zero-order valence-electron chi connectivity index (χ0n) is 10.3. The van der Waals surface area contributed by atoms with Crippen molar-refractivity contribution in [3.63, 3.8) is 0 Å². The largest absolute Gasteiger partial charge is 0.468 e. The highest BCUT2D eigenvalue weighted by atomic mass is 35.5. The number of ether oxygens (including phenoxy) is 1. The van der Waals surface area contributed by atoms with Gasteiger partial charge in [-0.2, -0.15) is 0 Å². The van der Waals surface area contributed by atoms with Gasteiger partial charge in [-0.05, 0) is 18.6 Å². The summed E-state index contributed by atoms with van der Waals surface area (Å²) >= 11 is 5.92. The summed E-state index contributed by atoms with van der Waals surface area (Å²) in [6, 6.07) is 5.73. The van der Waals surface area contributed by atoms with Gasteiger partial charge in [-0.15, -0.1) is 0 Å². The molecule has 1 aromatic carbocycles. The molecule has 1 aliphatic rings. The van der Waals surface area contributed by atoms with Crippen LogP contribution in [0.15, 0.2) is 29.2 Å². The SMILES string of the molecule is COC(=O)[C@@H]1C[C@@H](S(=O)(=O)c2ccccc2Cl)CN1. The Morgan fingerprint density at radius 2 is 2.11 bits per heavy atom. The summed E-state index contributed by atoms with van der Waals surface area (Å²) in [6.07, 6.45) is 0.195. The van der Waals surface area contributed by atoms with Gasteiger partial charge in [0.05, 0.1) is 22.3 Å². The quantitative estimate of drug-likeness (QED) is 0.844. The predicted octanol–water partition coefficient (Wildman–Crippen LogP) is 1.02. The van der Waals surface area contributed by atoms with E-state index in [0.29, 0.717) is 0 Å². The van der Waals surface area contributed by atoms with E-state index < -0.39 is 27.1 Å². The Hall–Kier alpha value is -1.11. The standard InChI is InChI=1S/C12H14ClNO4S/c1-18-12(15)10-6-8(7-14-10)19(16,17)11-5-3-2-4-9(11)13/h2-5,8,10,14H,6-7H2,1H3/t8-,10+/m1/s1. The van der Waals surface area contributed by atoms with E-state index in [1.165, 1.54) is 19.2 Å². The summed E-state index contributed by atoms with van der Waals surface area (Å²) in [7, 11) is -2.27. The molecule has 0 unspecified atom stereocenters. The number of benzene rings is 1. The molecule has 0 radical (unpaired) electrons. The van der Waals surface area contributed by atoms with Gasteiger partial charge in [0.15, 0.2) is 9.84 Å². The zero-order chi connectivity index (χ0) is 14.0. The van der Waals surface area contributed by atoms with Crippen LogP contribution in [0, 0.1) is 0 Å². The van der Waals surface area contributed by atoms with Gasteiger partial charge < -0.3 is 10.1 Å². The Morgan fingerprint density at radius 3 is 2.74 bits per heavy atom. The number of carbonyl (C=O) groups excluding carboxylic acids is 1. The average Bonchev–Trinajstić information content (AvgIpc) is 2.88. The molecule has 0 spiro atoms. The fourth-order valence-electron chi connectivity index (χ4n) is 2.12. The summed E-state index contributed by atoms with van der Waals surface area (Å²) in [4.78, 5) is 11.5. The number of sulfone groups is 1. The Morgan fingerprint density at radius 1 is 1.42 bits per heavy atom. The van der Waals surface area contributed by atoms with Crippen molar-refractivity contribution in [3.8, 4) is 0 Å². The third-order valence-corrected chi connectivity index (χ3v) is 5.81. The second kappa shape index (κ2) is 5.48. The highest BCUT2D eigenvalue weighted by Crippen LogP contribution is 2.28. The molecule has 0 aliphatic carbocycles. The van der Waals surface area contributed by atoms with E-state index in [9.17, 15) is 13.2 Å². The Labute approximate surface area is 116 Å². The first kappa shape index (κ1) is 14.3. The Kier molecular flexibility index (Phi) is 4.13. The summed E-state index contributed by atoms with van der Waals surface area (Å²) in [6.45, 7) is 0.216. The lowest BCUT2D eigenvalue weighted by Crippen LogP contribution is -2.31. The van der Waals surface area contributed by atoms with Crippen LogP contribution in [-0.2, 0) is 19.4 Å². The van der Waals surface area contributed by atoms with E-state index in [0.717, 1.165) is 0 Å². The number of esters is 1. The first-order valence-electron chi connectivity index (χ1n) is 5.76. The van der Waals surface area contributed by atoms with Crippen molar-refractivity contribution in [3.05, 3.63) is 29.3 Å². The second-order valence-electron chi connectivity index (χ2n) is 4.32. The number of methoxy groups -OCH3 is 1. The van der Waals surface area contributed by atoms with E-state index in [1.54, 1.807) is 12.1 Å². The van der Waals surface area contributed by atoms with Crippen LogP contribution in [0.1, 0.15) is 6.42 Å². The lowest BCUT2D eigenvalue weighted by atomic mass is 10.2. The minimum atomic E-state index is -3.55. The third-order valence-electron chi connectivity index (χ3n) is 3.16. The van der Waals surface area contributed by atoms with Gasteiger partial charge in [0.2, 0.25) is 0 Å². The molecule has 2 atom stereocenters. The molecule has 7 heteroatoms. The Balaban J connectivity index is 2.24. The smallest absolute Gasteiger partial charge is 0.322 e. The molecule has 1 saturated heterocycles. The van der Waals surface area contributed by atoms with Gasteiger partial charge in [0.1, 0.15) is 6.04 Å². The first-order valence-corrected chi connectivity index (χ1v) is 7.69. The van der Waals surface area contributed by atoms with Crippen molar-refractivity contribution in [1.29, 1.82) is 0 Å². The molecule has 5 nitrogen and oxygen atoms in total. The van der Waals surface area contributed by atoms with Crippen molar-refractivity contribution in [1.82, 2.24) is 5.32 Å². The van der Waals surface area contributed by atoms with E-state index >= 15 is 0 Å². The maximum Gasteiger partial charge on any atom is 0.322 e. The van der Waals surface area contributed by atoms with Crippen molar-refractivity contribution in [2.45, 2.75) is 22.6 Å². The van der Waals surface area contributed by atoms with Crippen LogP contribution in [0.25, 0.3) is 0 Å². The van der Waals surface area contributed by atoms with Gasteiger partial charge in [-0.25, -0.2) is 8.42 Å². The molecule has 0 amide bonds. The van der Waals surface area contributed by atoms with E-state index in [1.807, 2.05) is 0 Å². The number of carbonyl (C=O) groups is 1. The number of nitrogens with one attached hydrogen (secondary N) is 1. The normalized spacial score (nSPS) is 23.3. The molecular formula is C12H14ClNO4S. The molecule has 1 heterocycles. The lowest BCUT2D eigenvalue weighted by molar-refractivity contribution is -0.142. The summed E-state index contributed by atoms with van der Waals surface area (Å²) < 4.78 is 29.5. The predicted molar refractivity (Wildman–Crippen MR) is 70.8 cm³/mol. The van der Waals surface area contributed by atoms with Crippen molar-refractivity contribution in [2.24, 2.45) is 0 Å². The summed E-state index contributed by atoms with van der Waals surface area (Å²) in [5.74, 6) is -0.447. The highest BCUT2D eigenvalue weighted by molar-refractivity contribution is 7.92. The van der Waals surface area contributed by atoms with E-state index in [4.69, 9.17) is 11.6 Å². The minimum Gasteiger partial charge on any atom is -0.468 e. The van der Waals surface area contributed by atoms with Crippen LogP contribution >= 0.6 is 11.6 Å². The molecule has 2 rings (SSSR count). The topological polar surface area (TPSA) is 72.5 Å². The molecule has 1 aromatic rings. The van der Waals surface area contributed by atoms with Gasteiger partial charge in [0, 0.05) is 6.54 Å². The number of rotatable bonds is 3. The van der Waals surface area contributed by atoms with Crippen molar-refractivity contribution >= 4 is 27.4 Å². The van der Waals surface area contributed by atoms with E-state index in [2.05, 4.69) is 10.1 Å². The Bertz CT molecular complexity index is 587. The van der Waals surface area contributed by atoms with Gasteiger partial charge >= 0.3 is 5.97 Å². The molecule has 1 N–H and O–H groups in total. The fraction of sp³-hybridized carbons (Fsp3) is 0.417. The highest BCUT2D eigenvalue weighted by Gasteiger charge is 2.39. The zero-order valence-corrected chi connectivity index (χ0v) is 11.9. The molecule has 0 bridgehead atoms. The van der Waals surface area contributed by atoms with Crippen molar-refractivity contribution < 1.29 is 17.9 Å². The van der Waals surface area contributed by atoms with Gasteiger partial charge in [-0.3, -0.25) is 4.79 Å². The van der Waals surface area contributed by atoms with Crippen LogP contribution in [0.5, 0.6) is 0 Å².